The fourth-order valence-electron chi connectivity index (χ4n) is 3.81. The van der Waals surface area contributed by atoms with Crippen LogP contribution in [0.2, 0.25) is 0 Å². The van der Waals surface area contributed by atoms with Crippen LogP contribution in [0.5, 0.6) is 0 Å². The Balaban J connectivity index is 1.56. The van der Waals surface area contributed by atoms with Crippen molar-refractivity contribution >= 4 is 43.3 Å². The number of hydrogen-bond donors (Lipinski definition) is 1. The van der Waals surface area contributed by atoms with Gasteiger partial charge in [-0.15, -0.1) is 0 Å². The minimum Gasteiger partial charge on any atom is -0.332 e. The molecular weight excluding hydrogens is 468 g/mol. The number of nitrogens with one attached hydrogen (secondary N) is 1. The van der Waals surface area contributed by atoms with E-state index in [1.165, 1.54) is 0 Å². The summed E-state index contributed by atoms with van der Waals surface area (Å²) in [4.78, 5) is 27.7. The van der Waals surface area contributed by atoms with Gasteiger partial charge in [0.15, 0.2) is 9.84 Å². The SMILES string of the molecule is Cc1ccc(C(=O)N(C2CC2)C2CCS(=O)(=O)C2)cc1NC(=O)c1ccc(Br)cc1. The van der Waals surface area contributed by atoms with Crippen LogP contribution in [0.1, 0.15) is 45.5 Å². The molecule has 8 heteroatoms. The van der Waals surface area contributed by atoms with Gasteiger partial charge in [0, 0.05) is 33.4 Å². The predicted octanol–water partition coefficient (Wildman–Crippen LogP) is 3.80. The van der Waals surface area contributed by atoms with E-state index in [1.807, 2.05) is 6.92 Å². The Labute approximate surface area is 184 Å². The van der Waals surface area contributed by atoms with Crippen LogP contribution in [0.4, 0.5) is 5.69 Å². The maximum atomic E-state index is 13.3. The zero-order valence-corrected chi connectivity index (χ0v) is 19.0. The van der Waals surface area contributed by atoms with Crippen LogP contribution in [0.15, 0.2) is 46.9 Å². The van der Waals surface area contributed by atoms with Crippen molar-refractivity contribution in [2.75, 3.05) is 16.8 Å². The molecule has 1 atom stereocenters. The smallest absolute Gasteiger partial charge is 0.255 e. The van der Waals surface area contributed by atoms with E-state index in [4.69, 9.17) is 0 Å². The number of carbonyl (C=O) groups is 2. The van der Waals surface area contributed by atoms with E-state index in [-0.39, 0.29) is 35.4 Å². The third kappa shape index (κ3) is 4.59. The summed E-state index contributed by atoms with van der Waals surface area (Å²) in [6.45, 7) is 1.87. The van der Waals surface area contributed by atoms with Crippen molar-refractivity contribution in [1.29, 1.82) is 0 Å². The second kappa shape index (κ2) is 8.15. The van der Waals surface area contributed by atoms with Crippen molar-refractivity contribution in [2.45, 2.75) is 38.3 Å². The highest BCUT2D eigenvalue weighted by Gasteiger charge is 2.42. The van der Waals surface area contributed by atoms with Crippen LogP contribution < -0.4 is 5.32 Å². The third-order valence-electron chi connectivity index (χ3n) is 5.62. The van der Waals surface area contributed by atoms with Crippen LogP contribution >= 0.6 is 15.9 Å². The first kappa shape index (κ1) is 21.1. The highest BCUT2D eigenvalue weighted by Crippen LogP contribution is 2.34. The molecule has 1 aliphatic heterocycles. The number of sulfone groups is 1. The molecule has 1 heterocycles. The molecule has 1 aliphatic carbocycles. The number of hydrogen-bond acceptors (Lipinski definition) is 4. The molecule has 1 unspecified atom stereocenters. The summed E-state index contributed by atoms with van der Waals surface area (Å²) in [5, 5.41) is 2.89. The van der Waals surface area contributed by atoms with Crippen molar-refractivity contribution in [3.05, 3.63) is 63.6 Å². The normalized spacial score (nSPS) is 20.0. The summed E-state index contributed by atoms with van der Waals surface area (Å²) < 4.78 is 24.8. The van der Waals surface area contributed by atoms with E-state index < -0.39 is 9.84 Å². The lowest BCUT2D eigenvalue weighted by Gasteiger charge is -2.28. The maximum absolute atomic E-state index is 13.3. The average Bonchev–Trinajstić information content (AvgIpc) is 3.46. The molecule has 30 heavy (non-hydrogen) atoms. The van der Waals surface area contributed by atoms with Crippen molar-refractivity contribution in [2.24, 2.45) is 0 Å². The summed E-state index contributed by atoms with van der Waals surface area (Å²) in [6.07, 6.45) is 2.30. The standard InChI is InChI=1S/C22H23BrN2O4S/c1-14-2-3-16(12-20(14)24-21(26)15-4-6-17(23)7-5-15)22(27)25(18-8-9-18)19-10-11-30(28,29)13-19/h2-7,12,18-19H,8-11,13H2,1H3,(H,24,26). The molecule has 1 N–H and O–H groups in total. The summed E-state index contributed by atoms with van der Waals surface area (Å²) in [7, 11) is -3.08. The number of nitrogens with zero attached hydrogens (tertiary/aromatic N) is 1. The lowest BCUT2D eigenvalue weighted by Crippen LogP contribution is -2.42. The molecule has 2 amide bonds. The third-order valence-corrected chi connectivity index (χ3v) is 7.89. The Morgan fingerprint density at radius 3 is 2.27 bits per heavy atom. The molecule has 2 aromatic carbocycles. The largest absolute Gasteiger partial charge is 0.332 e. The monoisotopic (exact) mass is 490 g/mol. The fourth-order valence-corrected chi connectivity index (χ4v) is 5.79. The van der Waals surface area contributed by atoms with E-state index >= 15 is 0 Å². The van der Waals surface area contributed by atoms with Crippen LogP contribution in [-0.2, 0) is 9.84 Å². The Kier molecular flexibility index (Phi) is 5.72. The van der Waals surface area contributed by atoms with Crippen LogP contribution in [0, 0.1) is 6.92 Å². The van der Waals surface area contributed by atoms with Crippen LogP contribution in [-0.4, -0.2) is 48.7 Å². The second-order valence-corrected chi connectivity index (χ2v) is 11.1. The Morgan fingerprint density at radius 2 is 1.67 bits per heavy atom. The van der Waals surface area contributed by atoms with Gasteiger partial charge in [0.2, 0.25) is 0 Å². The molecule has 0 radical (unpaired) electrons. The second-order valence-electron chi connectivity index (χ2n) is 7.99. The van der Waals surface area contributed by atoms with Gasteiger partial charge in [-0.1, -0.05) is 22.0 Å². The van der Waals surface area contributed by atoms with E-state index in [0.717, 1.165) is 22.9 Å². The number of benzene rings is 2. The van der Waals surface area contributed by atoms with Gasteiger partial charge in [0.05, 0.1) is 11.5 Å². The summed E-state index contributed by atoms with van der Waals surface area (Å²) in [6, 6.07) is 12.1. The first-order chi connectivity index (χ1) is 14.2. The van der Waals surface area contributed by atoms with Crippen molar-refractivity contribution in [3.8, 4) is 0 Å². The molecule has 4 rings (SSSR count). The molecule has 0 spiro atoms. The molecule has 2 aromatic rings. The lowest BCUT2D eigenvalue weighted by molar-refractivity contribution is 0.0680. The van der Waals surface area contributed by atoms with Crippen LogP contribution in [0.3, 0.4) is 0 Å². The summed E-state index contributed by atoms with van der Waals surface area (Å²) in [5.74, 6) is -0.250. The first-order valence-corrected chi connectivity index (χ1v) is 12.6. The molecule has 0 aromatic heterocycles. The first-order valence-electron chi connectivity index (χ1n) is 9.94. The van der Waals surface area contributed by atoms with Crippen LogP contribution in [0.25, 0.3) is 0 Å². The molecule has 6 nitrogen and oxygen atoms in total. The van der Waals surface area contributed by atoms with Gasteiger partial charge in [-0.05, 0) is 68.1 Å². The molecule has 158 valence electrons. The Bertz CT molecular complexity index is 1090. The molecular formula is C22H23BrN2O4S. The molecule has 0 bridgehead atoms. The number of aryl methyl sites for hydroxylation is 1. The van der Waals surface area contributed by atoms with Crippen molar-refractivity contribution in [3.63, 3.8) is 0 Å². The van der Waals surface area contributed by atoms with Crippen molar-refractivity contribution < 1.29 is 18.0 Å². The van der Waals surface area contributed by atoms with Gasteiger partial charge < -0.3 is 10.2 Å². The van der Waals surface area contributed by atoms with Gasteiger partial charge >= 0.3 is 0 Å². The number of carbonyl (C=O) groups excluding carboxylic acids is 2. The number of halogens is 1. The minimum atomic E-state index is -3.08. The van der Waals surface area contributed by atoms with E-state index in [1.54, 1.807) is 47.4 Å². The molecule has 1 saturated heterocycles. The summed E-state index contributed by atoms with van der Waals surface area (Å²) in [5.41, 5.74) is 2.40. The van der Waals surface area contributed by atoms with Gasteiger partial charge in [-0.25, -0.2) is 8.42 Å². The number of rotatable bonds is 5. The zero-order chi connectivity index (χ0) is 21.5. The highest BCUT2D eigenvalue weighted by atomic mass is 79.9. The predicted molar refractivity (Wildman–Crippen MR) is 120 cm³/mol. The van der Waals surface area contributed by atoms with Gasteiger partial charge in [0.25, 0.3) is 11.8 Å². The molecule has 2 aliphatic rings. The van der Waals surface area contributed by atoms with E-state index in [9.17, 15) is 18.0 Å². The zero-order valence-electron chi connectivity index (χ0n) is 16.6. The van der Waals surface area contributed by atoms with E-state index in [0.29, 0.717) is 23.2 Å². The quantitative estimate of drug-likeness (QED) is 0.690. The lowest BCUT2D eigenvalue weighted by atomic mass is 10.1. The topological polar surface area (TPSA) is 83.6 Å². The minimum absolute atomic E-state index is 0.0360. The van der Waals surface area contributed by atoms with Gasteiger partial charge in [0.1, 0.15) is 0 Å². The van der Waals surface area contributed by atoms with E-state index in [2.05, 4.69) is 21.2 Å². The highest BCUT2D eigenvalue weighted by molar-refractivity contribution is 9.10. The Hall–Kier alpha value is -2.19. The maximum Gasteiger partial charge on any atom is 0.255 e. The average molecular weight is 491 g/mol. The van der Waals surface area contributed by atoms with Gasteiger partial charge in [-0.2, -0.15) is 0 Å². The number of amides is 2. The van der Waals surface area contributed by atoms with Crippen molar-refractivity contribution in [1.82, 2.24) is 4.90 Å². The molecule has 2 fully saturated rings. The van der Waals surface area contributed by atoms with Gasteiger partial charge in [-0.3, -0.25) is 9.59 Å². The fraction of sp³-hybridized carbons (Fsp3) is 0.364. The summed E-state index contributed by atoms with van der Waals surface area (Å²) >= 11 is 3.35. The Morgan fingerprint density at radius 1 is 1.00 bits per heavy atom. The number of anilines is 1. The molecule has 1 saturated carbocycles.